The molecule has 0 unspecified atom stereocenters. The van der Waals surface area contributed by atoms with E-state index in [1.807, 2.05) is 0 Å². The van der Waals surface area contributed by atoms with Gasteiger partial charge < -0.3 is 64.3 Å². The quantitative estimate of drug-likeness (QED) is 0.0771. The molecular weight excluding hydrogens is 683 g/mol. The number of aliphatic hydroxyl groups is 2. The molecule has 4 rings (SSSR count). The number of carbonyl (C=O) groups is 1. The zero-order valence-corrected chi connectivity index (χ0v) is 25.2. The van der Waals surface area contributed by atoms with Crippen molar-refractivity contribution in [2.24, 2.45) is 0 Å². The molecule has 2 aliphatic rings. The van der Waals surface area contributed by atoms with Crippen molar-refractivity contribution in [2.45, 2.75) is 62.2 Å². The standard InChI is InChI=1S/C18H28N5O19P3/c1-6(24)36-2-7-13(41-44(30,31)32)14(42-45(33,34)35)11(26)18(39-7)40-12-8(3-37-43(27,28)29)38-17(10(12)25)23-5-22-9-15(19)20-4-21-16(9)23/h4-5,7-8,10-14,17-18,25-26H,2-3H2,1H3,(H2,19,20,21)(H2,27,28,29)(H2,30,31,32)(H2,33,34,35)/t7-,8-,10-,11-,12-,13-,14-,17-,18-/m1/s1. The first-order valence-electron chi connectivity index (χ1n) is 12.3. The van der Waals surface area contributed by atoms with Gasteiger partial charge in [0.2, 0.25) is 0 Å². The lowest BCUT2D eigenvalue weighted by Gasteiger charge is -2.44. The van der Waals surface area contributed by atoms with E-state index >= 15 is 0 Å². The molecule has 4 heterocycles. The van der Waals surface area contributed by atoms with Crippen molar-refractivity contribution in [3.05, 3.63) is 12.7 Å². The number of fused-ring (bicyclic) bond motifs is 1. The second-order valence-corrected chi connectivity index (χ2v) is 13.1. The van der Waals surface area contributed by atoms with Crippen molar-refractivity contribution in [3.63, 3.8) is 0 Å². The number of imidazole rings is 1. The zero-order valence-electron chi connectivity index (χ0n) is 22.5. The topological polar surface area (TPSA) is 364 Å². The molecule has 27 heteroatoms. The second kappa shape index (κ2) is 13.6. The maximum Gasteiger partial charge on any atom is 0.470 e. The molecule has 10 N–H and O–H groups in total. The fraction of sp³-hybridized carbons (Fsp3) is 0.667. The van der Waals surface area contributed by atoms with Crippen LogP contribution in [0.4, 0.5) is 5.82 Å². The Kier molecular flexibility index (Phi) is 10.8. The van der Waals surface area contributed by atoms with E-state index in [0.717, 1.165) is 24.1 Å². The van der Waals surface area contributed by atoms with Crippen LogP contribution in [-0.2, 0) is 51.0 Å². The number of ether oxygens (including phenoxy) is 4. The summed E-state index contributed by atoms with van der Waals surface area (Å²) in [6.45, 7) is -0.879. The molecule has 2 saturated heterocycles. The second-order valence-electron chi connectivity index (χ2n) is 9.48. The first kappa shape index (κ1) is 35.8. The monoisotopic (exact) mass is 711 g/mol. The highest BCUT2D eigenvalue weighted by Crippen LogP contribution is 2.47. The average molecular weight is 711 g/mol. The zero-order chi connectivity index (χ0) is 33.5. The lowest BCUT2D eigenvalue weighted by Crippen LogP contribution is -2.62. The number of phosphoric acid groups is 3. The highest BCUT2D eigenvalue weighted by molar-refractivity contribution is 7.46. The third-order valence-corrected chi connectivity index (χ3v) is 7.77. The summed E-state index contributed by atoms with van der Waals surface area (Å²) in [6.07, 6.45) is -15.3. The molecule has 0 aliphatic carbocycles. The average Bonchev–Trinajstić information content (AvgIpc) is 3.45. The maximum atomic E-state index is 11.7. The van der Waals surface area contributed by atoms with Crippen LogP contribution in [0, 0.1) is 0 Å². The SMILES string of the molecule is CC(=O)OC[C@H]1O[C@H](O[C@H]2[C@@H](O)[C@H](n3cnc4c(N)ncnc43)O[C@@H]2COP(=O)(O)O)[C@H](O)[C@@H](OP(=O)(O)O)[C@@H]1OP(=O)(O)O. The Morgan fingerprint density at radius 1 is 0.889 bits per heavy atom. The Morgan fingerprint density at radius 2 is 1.51 bits per heavy atom. The summed E-state index contributed by atoms with van der Waals surface area (Å²) in [4.78, 5) is 79.4. The minimum Gasteiger partial charge on any atom is -0.463 e. The molecule has 0 amide bonds. The van der Waals surface area contributed by atoms with Crippen molar-refractivity contribution >= 4 is 46.4 Å². The fourth-order valence-electron chi connectivity index (χ4n) is 4.54. The van der Waals surface area contributed by atoms with Gasteiger partial charge in [-0.05, 0) is 0 Å². The highest BCUT2D eigenvalue weighted by atomic mass is 31.2. The number of phosphoric ester groups is 3. The molecule has 2 aliphatic heterocycles. The number of nitrogen functional groups attached to an aromatic ring is 1. The van der Waals surface area contributed by atoms with Gasteiger partial charge in [-0.15, -0.1) is 0 Å². The van der Waals surface area contributed by atoms with Crippen LogP contribution in [0.25, 0.3) is 11.2 Å². The van der Waals surface area contributed by atoms with Crippen LogP contribution in [-0.4, -0.2) is 127 Å². The van der Waals surface area contributed by atoms with Gasteiger partial charge in [0.05, 0.1) is 12.9 Å². The molecule has 24 nitrogen and oxygen atoms in total. The molecule has 0 aromatic carbocycles. The summed E-state index contributed by atoms with van der Waals surface area (Å²) >= 11 is 0. The summed E-state index contributed by atoms with van der Waals surface area (Å²) in [5, 5.41) is 22.2. The van der Waals surface area contributed by atoms with Crippen molar-refractivity contribution in [1.29, 1.82) is 0 Å². The number of nitrogens with two attached hydrogens (primary N) is 1. The molecule has 0 saturated carbocycles. The third kappa shape index (κ3) is 9.06. The molecule has 0 radical (unpaired) electrons. The lowest BCUT2D eigenvalue weighted by molar-refractivity contribution is -0.314. The Balaban J connectivity index is 1.69. The van der Waals surface area contributed by atoms with E-state index in [4.69, 9.17) is 24.7 Å². The van der Waals surface area contributed by atoms with Gasteiger partial charge in [0.25, 0.3) is 0 Å². The van der Waals surface area contributed by atoms with E-state index in [2.05, 4.69) is 28.5 Å². The molecule has 9 atom stereocenters. The lowest BCUT2D eigenvalue weighted by atomic mass is 9.99. The van der Waals surface area contributed by atoms with E-state index in [1.165, 1.54) is 0 Å². The molecule has 45 heavy (non-hydrogen) atoms. The van der Waals surface area contributed by atoms with Crippen LogP contribution in [0.2, 0.25) is 0 Å². The molecule has 2 fully saturated rings. The number of esters is 1. The predicted molar refractivity (Wildman–Crippen MR) is 138 cm³/mol. The summed E-state index contributed by atoms with van der Waals surface area (Å²) in [5.41, 5.74) is 5.93. The highest BCUT2D eigenvalue weighted by Gasteiger charge is 2.55. The first-order chi connectivity index (χ1) is 20.7. The van der Waals surface area contributed by atoms with Crippen molar-refractivity contribution in [3.8, 4) is 0 Å². The largest absolute Gasteiger partial charge is 0.470 e. The van der Waals surface area contributed by atoms with E-state index in [1.54, 1.807) is 0 Å². The molecule has 2 aromatic rings. The van der Waals surface area contributed by atoms with Crippen LogP contribution < -0.4 is 5.73 Å². The van der Waals surface area contributed by atoms with Crippen LogP contribution in [0.1, 0.15) is 13.2 Å². The Morgan fingerprint density at radius 3 is 2.11 bits per heavy atom. The van der Waals surface area contributed by atoms with Gasteiger partial charge in [-0.25, -0.2) is 28.6 Å². The van der Waals surface area contributed by atoms with Crippen molar-refractivity contribution in [1.82, 2.24) is 19.5 Å². The van der Waals surface area contributed by atoms with E-state index in [0.29, 0.717) is 0 Å². The number of rotatable bonds is 12. The Labute approximate surface area is 250 Å². The van der Waals surface area contributed by atoms with E-state index < -0.39 is 97.9 Å². The number of carbonyl (C=O) groups excluding carboxylic acids is 1. The molecule has 0 spiro atoms. The number of nitrogens with zero attached hydrogens (tertiary/aromatic N) is 4. The number of aliphatic hydroxyl groups excluding tert-OH is 2. The summed E-state index contributed by atoms with van der Waals surface area (Å²) < 4.78 is 71.3. The van der Waals surface area contributed by atoms with Gasteiger partial charge in [0, 0.05) is 6.92 Å². The first-order valence-corrected chi connectivity index (χ1v) is 16.9. The maximum absolute atomic E-state index is 11.7. The van der Waals surface area contributed by atoms with Gasteiger partial charge >= 0.3 is 29.4 Å². The number of anilines is 1. The molecular formula is C18H28N5O19P3. The third-order valence-electron chi connectivity index (χ3n) is 6.25. The number of hydrogen-bond donors (Lipinski definition) is 9. The van der Waals surface area contributed by atoms with Crippen LogP contribution >= 0.6 is 23.5 Å². The van der Waals surface area contributed by atoms with Gasteiger partial charge in [-0.3, -0.25) is 22.9 Å². The minimum atomic E-state index is -5.55. The van der Waals surface area contributed by atoms with E-state index in [9.17, 15) is 58.1 Å². The van der Waals surface area contributed by atoms with Crippen molar-refractivity contribution < 1.29 is 90.6 Å². The van der Waals surface area contributed by atoms with Gasteiger partial charge in [0.15, 0.2) is 24.0 Å². The summed E-state index contributed by atoms with van der Waals surface area (Å²) in [7, 11) is -16.2. The molecule has 254 valence electrons. The fourth-order valence-corrected chi connectivity index (χ4v) is 6.01. The minimum absolute atomic E-state index is 0.0406. The summed E-state index contributed by atoms with van der Waals surface area (Å²) in [5.74, 6) is -0.972. The van der Waals surface area contributed by atoms with Crippen molar-refractivity contribution in [2.75, 3.05) is 18.9 Å². The predicted octanol–water partition coefficient (Wildman–Crippen LogP) is -3.23. The van der Waals surface area contributed by atoms with E-state index in [-0.39, 0.29) is 17.0 Å². The van der Waals surface area contributed by atoms with Gasteiger partial charge in [0.1, 0.15) is 61.2 Å². The van der Waals surface area contributed by atoms with Crippen LogP contribution in [0.15, 0.2) is 12.7 Å². The number of hydrogen-bond acceptors (Lipinski definition) is 17. The molecule has 0 bridgehead atoms. The Bertz CT molecular complexity index is 1510. The molecule has 2 aromatic heterocycles. The van der Waals surface area contributed by atoms with Crippen LogP contribution in [0.5, 0.6) is 0 Å². The Hall–Kier alpha value is -2.05. The van der Waals surface area contributed by atoms with Gasteiger partial charge in [-0.2, -0.15) is 0 Å². The summed E-state index contributed by atoms with van der Waals surface area (Å²) in [6, 6.07) is 0. The smallest absolute Gasteiger partial charge is 0.463 e. The number of aromatic nitrogens is 4. The normalized spacial score (nSPS) is 31.4. The van der Waals surface area contributed by atoms with Crippen LogP contribution in [0.3, 0.4) is 0 Å². The van der Waals surface area contributed by atoms with Gasteiger partial charge in [-0.1, -0.05) is 0 Å².